The van der Waals surface area contributed by atoms with Crippen LogP contribution in [-0.4, -0.2) is 30.8 Å². The Kier molecular flexibility index (Phi) is 2.69. The molecule has 16 heavy (non-hydrogen) atoms. The van der Waals surface area contributed by atoms with Crippen molar-refractivity contribution in [3.63, 3.8) is 0 Å². The molecule has 1 aliphatic heterocycles. The lowest BCUT2D eigenvalue weighted by atomic mass is 10.1. The van der Waals surface area contributed by atoms with Crippen LogP contribution in [0.5, 0.6) is 5.75 Å². The molecule has 2 rings (SSSR count). The van der Waals surface area contributed by atoms with Crippen molar-refractivity contribution in [2.24, 2.45) is 0 Å². The maximum Gasteiger partial charge on any atom is 0.339 e. The highest BCUT2D eigenvalue weighted by atomic mass is 16.5. The first-order valence-corrected chi connectivity index (χ1v) is 4.91. The van der Waals surface area contributed by atoms with Crippen LogP contribution in [0, 0.1) is 12.3 Å². The first-order chi connectivity index (χ1) is 7.74. The van der Waals surface area contributed by atoms with Crippen LogP contribution in [0.2, 0.25) is 0 Å². The number of benzene rings is 1. The quantitative estimate of drug-likeness (QED) is 0.757. The highest BCUT2D eigenvalue weighted by molar-refractivity contribution is 5.93. The smallest absolute Gasteiger partial charge is 0.339 e. The number of terminal acetylenes is 1. The zero-order chi connectivity index (χ0) is 11.5. The highest BCUT2D eigenvalue weighted by Crippen LogP contribution is 2.34. The summed E-state index contributed by atoms with van der Waals surface area (Å²) >= 11 is 0. The Balaban J connectivity index is 2.47. The first kappa shape index (κ1) is 10.4. The number of carbonyl (C=O) groups is 1. The number of carboxylic acids is 1. The second-order valence-electron chi connectivity index (χ2n) is 3.43. The number of hydrogen-bond donors (Lipinski definition) is 1. The minimum atomic E-state index is -0.987. The normalized spacial score (nSPS) is 13.6. The van der Waals surface area contributed by atoms with E-state index < -0.39 is 5.97 Å². The number of hydrogen-bond acceptors (Lipinski definition) is 3. The molecule has 1 aromatic carbocycles. The molecule has 1 aliphatic rings. The van der Waals surface area contributed by atoms with Gasteiger partial charge in [-0.1, -0.05) is 12.0 Å². The van der Waals surface area contributed by atoms with Gasteiger partial charge < -0.3 is 14.7 Å². The largest absolute Gasteiger partial charge is 0.489 e. The minimum absolute atomic E-state index is 0.180. The van der Waals surface area contributed by atoms with Crippen LogP contribution in [0.4, 0.5) is 5.69 Å². The van der Waals surface area contributed by atoms with Gasteiger partial charge in [-0.2, -0.15) is 0 Å². The second kappa shape index (κ2) is 4.15. The van der Waals surface area contributed by atoms with Crippen LogP contribution in [0.15, 0.2) is 18.2 Å². The molecule has 0 bridgehead atoms. The second-order valence-corrected chi connectivity index (χ2v) is 3.43. The molecule has 1 N–H and O–H groups in total. The molecule has 1 heterocycles. The Morgan fingerprint density at radius 1 is 1.62 bits per heavy atom. The predicted molar refractivity (Wildman–Crippen MR) is 59.9 cm³/mol. The lowest BCUT2D eigenvalue weighted by molar-refractivity contribution is 0.0692. The molecular formula is C12H11NO3. The molecule has 0 amide bonds. The van der Waals surface area contributed by atoms with E-state index in [0.29, 0.717) is 25.4 Å². The fourth-order valence-electron chi connectivity index (χ4n) is 1.75. The lowest BCUT2D eigenvalue weighted by Crippen LogP contribution is -2.33. The standard InChI is InChI=1S/C12H11NO3/c1-2-6-13-7-8-16-11-9(12(14)15)4-3-5-10(11)13/h1,3-5H,6-8H2,(H,14,15). The van der Waals surface area contributed by atoms with Crippen molar-refractivity contribution in [3.05, 3.63) is 23.8 Å². The van der Waals surface area contributed by atoms with Gasteiger partial charge in [-0.3, -0.25) is 0 Å². The predicted octanol–water partition coefficient (Wildman–Crippen LogP) is 1.22. The van der Waals surface area contributed by atoms with E-state index >= 15 is 0 Å². The Bertz CT molecular complexity index is 462. The molecule has 0 atom stereocenters. The molecule has 4 heteroatoms. The van der Waals surface area contributed by atoms with Crippen molar-refractivity contribution < 1.29 is 14.6 Å². The Morgan fingerprint density at radius 3 is 3.12 bits per heavy atom. The number of para-hydroxylation sites is 1. The molecule has 0 aliphatic carbocycles. The number of fused-ring (bicyclic) bond motifs is 1. The van der Waals surface area contributed by atoms with Gasteiger partial charge >= 0.3 is 5.97 Å². The van der Waals surface area contributed by atoms with Gasteiger partial charge in [0.15, 0.2) is 5.75 Å². The molecule has 0 radical (unpaired) electrons. The Hall–Kier alpha value is -2.15. The van der Waals surface area contributed by atoms with Gasteiger partial charge in [-0.25, -0.2) is 4.79 Å². The van der Waals surface area contributed by atoms with Crippen molar-refractivity contribution in [3.8, 4) is 18.1 Å². The van der Waals surface area contributed by atoms with Crippen LogP contribution in [0.25, 0.3) is 0 Å². The number of aromatic carboxylic acids is 1. The van der Waals surface area contributed by atoms with E-state index in [9.17, 15) is 4.79 Å². The number of rotatable bonds is 2. The summed E-state index contributed by atoms with van der Waals surface area (Å²) in [4.78, 5) is 12.9. The monoisotopic (exact) mass is 217 g/mol. The molecule has 4 nitrogen and oxygen atoms in total. The van der Waals surface area contributed by atoms with Crippen LogP contribution in [0.1, 0.15) is 10.4 Å². The lowest BCUT2D eigenvalue weighted by Gasteiger charge is -2.30. The summed E-state index contributed by atoms with van der Waals surface area (Å²) in [6.45, 7) is 1.60. The van der Waals surface area contributed by atoms with Crippen LogP contribution in [-0.2, 0) is 0 Å². The van der Waals surface area contributed by atoms with Gasteiger partial charge in [-0.05, 0) is 12.1 Å². The maximum absolute atomic E-state index is 11.0. The van der Waals surface area contributed by atoms with E-state index in [1.54, 1.807) is 6.07 Å². The number of nitrogens with zero attached hydrogens (tertiary/aromatic N) is 1. The Morgan fingerprint density at radius 2 is 2.44 bits per heavy atom. The van der Waals surface area contributed by atoms with Crippen LogP contribution >= 0.6 is 0 Å². The molecule has 1 aromatic rings. The number of carboxylic acid groups (broad SMARTS) is 1. The van der Waals surface area contributed by atoms with Crippen molar-refractivity contribution >= 4 is 11.7 Å². The van der Waals surface area contributed by atoms with E-state index in [4.69, 9.17) is 16.3 Å². The van der Waals surface area contributed by atoms with E-state index in [2.05, 4.69) is 5.92 Å². The number of ether oxygens (including phenoxy) is 1. The van der Waals surface area contributed by atoms with E-state index in [-0.39, 0.29) is 5.56 Å². The average Bonchev–Trinajstić information content (AvgIpc) is 2.29. The number of anilines is 1. The van der Waals surface area contributed by atoms with Crippen LogP contribution in [0.3, 0.4) is 0 Å². The van der Waals surface area contributed by atoms with E-state index in [1.807, 2.05) is 11.0 Å². The van der Waals surface area contributed by atoms with Gasteiger partial charge in [0.05, 0.1) is 18.8 Å². The summed E-state index contributed by atoms with van der Waals surface area (Å²) in [5.74, 6) is 1.98. The highest BCUT2D eigenvalue weighted by Gasteiger charge is 2.22. The summed E-state index contributed by atoms with van der Waals surface area (Å²) in [5, 5.41) is 9.02. The van der Waals surface area contributed by atoms with E-state index in [1.165, 1.54) is 6.07 Å². The third-order valence-corrected chi connectivity index (χ3v) is 2.46. The molecule has 0 saturated carbocycles. The molecule has 82 valence electrons. The minimum Gasteiger partial charge on any atom is -0.489 e. The van der Waals surface area contributed by atoms with Crippen molar-refractivity contribution in [2.75, 3.05) is 24.6 Å². The zero-order valence-electron chi connectivity index (χ0n) is 8.64. The van der Waals surface area contributed by atoms with Gasteiger partial charge in [-0.15, -0.1) is 6.42 Å². The maximum atomic E-state index is 11.0. The van der Waals surface area contributed by atoms with Gasteiger partial charge in [0.25, 0.3) is 0 Å². The molecule has 0 spiro atoms. The first-order valence-electron chi connectivity index (χ1n) is 4.91. The van der Waals surface area contributed by atoms with Crippen molar-refractivity contribution in [1.82, 2.24) is 0 Å². The SMILES string of the molecule is C#CCN1CCOc2c(C(=O)O)cccc21. The third kappa shape index (κ3) is 1.68. The van der Waals surface area contributed by atoms with Gasteiger partial charge in [0.1, 0.15) is 12.2 Å². The fourth-order valence-corrected chi connectivity index (χ4v) is 1.75. The molecule has 0 saturated heterocycles. The van der Waals surface area contributed by atoms with Gasteiger partial charge in [0.2, 0.25) is 0 Å². The van der Waals surface area contributed by atoms with E-state index in [0.717, 1.165) is 5.69 Å². The summed E-state index contributed by atoms with van der Waals surface area (Å²) in [6, 6.07) is 5.04. The topological polar surface area (TPSA) is 49.8 Å². The summed E-state index contributed by atoms with van der Waals surface area (Å²) in [7, 11) is 0. The zero-order valence-corrected chi connectivity index (χ0v) is 8.64. The van der Waals surface area contributed by atoms with Crippen molar-refractivity contribution in [1.29, 1.82) is 0 Å². The molecule has 0 aromatic heterocycles. The fraction of sp³-hybridized carbons (Fsp3) is 0.250. The van der Waals surface area contributed by atoms with Crippen LogP contribution < -0.4 is 9.64 Å². The van der Waals surface area contributed by atoms with Crippen molar-refractivity contribution in [2.45, 2.75) is 0 Å². The summed E-state index contributed by atoms with van der Waals surface area (Å²) < 4.78 is 5.40. The molecular weight excluding hydrogens is 206 g/mol. The summed E-state index contributed by atoms with van der Waals surface area (Å²) in [5.41, 5.74) is 0.934. The average molecular weight is 217 g/mol. The molecule has 0 fully saturated rings. The van der Waals surface area contributed by atoms with Gasteiger partial charge in [0, 0.05) is 0 Å². The summed E-state index contributed by atoms with van der Waals surface area (Å²) in [6.07, 6.45) is 5.27. The third-order valence-electron chi connectivity index (χ3n) is 2.46. The Labute approximate surface area is 93.4 Å². The molecule has 0 unspecified atom stereocenters.